The Labute approximate surface area is 167 Å². The molecule has 1 aromatic heterocycles. The fraction of sp³-hybridized carbons (Fsp3) is 0.316. The summed E-state index contributed by atoms with van der Waals surface area (Å²) in [6.07, 6.45) is 0.656. The van der Waals surface area contributed by atoms with Gasteiger partial charge in [-0.2, -0.15) is 17.6 Å². The first-order chi connectivity index (χ1) is 14.0. The Kier molecular flexibility index (Phi) is 5.64. The number of halogens is 5. The standard InChI is InChI=1S/C19H16F5N3O3/c1-18(19(23,24)9-29-17(25)27-18)12-6-10(2-4-13(12)20)7-15(28)14-5-3-11(8-26-14)30-16(21)22/h2-6,8,16H,7,9H2,1H3,(H2,25,27)/t18-/m1/s1. The molecule has 0 aliphatic carbocycles. The summed E-state index contributed by atoms with van der Waals surface area (Å²) in [6.45, 7) is -3.08. The zero-order valence-corrected chi connectivity index (χ0v) is 15.5. The largest absolute Gasteiger partial charge is 0.459 e. The number of hydrogen-bond acceptors (Lipinski definition) is 6. The number of hydrogen-bond donors (Lipinski definition) is 1. The summed E-state index contributed by atoms with van der Waals surface area (Å²) in [5.74, 6) is -5.27. The van der Waals surface area contributed by atoms with Crippen molar-refractivity contribution < 1.29 is 36.2 Å². The average Bonchev–Trinajstić information content (AvgIpc) is 2.67. The van der Waals surface area contributed by atoms with Crippen molar-refractivity contribution in [2.75, 3.05) is 6.61 Å². The van der Waals surface area contributed by atoms with Crippen molar-refractivity contribution in [2.24, 2.45) is 10.7 Å². The van der Waals surface area contributed by atoms with Gasteiger partial charge in [-0.3, -0.25) is 4.79 Å². The minimum Gasteiger partial charge on any atom is -0.459 e. The lowest BCUT2D eigenvalue weighted by atomic mass is 9.84. The molecule has 0 radical (unpaired) electrons. The highest BCUT2D eigenvalue weighted by atomic mass is 19.3. The van der Waals surface area contributed by atoms with Crippen LogP contribution in [0.5, 0.6) is 5.75 Å². The Balaban J connectivity index is 1.87. The Bertz CT molecular complexity index is 982. The summed E-state index contributed by atoms with van der Waals surface area (Å²) < 4.78 is 76.5. The van der Waals surface area contributed by atoms with Gasteiger partial charge in [0.2, 0.25) is 0 Å². The highest BCUT2D eigenvalue weighted by Crippen LogP contribution is 2.44. The molecule has 1 aliphatic heterocycles. The number of pyridine rings is 1. The van der Waals surface area contributed by atoms with Crippen molar-refractivity contribution >= 4 is 11.8 Å². The Morgan fingerprint density at radius 3 is 2.67 bits per heavy atom. The lowest BCUT2D eigenvalue weighted by Gasteiger charge is -2.37. The van der Waals surface area contributed by atoms with Gasteiger partial charge in [0.25, 0.3) is 6.02 Å². The Morgan fingerprint density at radius 2 is 2.03 bits per heavy atom. The SMILES string of the molecule is C[C@]1(c2cc(CC(=O)c3ccc(OC(F)F)cn3)ccc2F)N=C(N)OCC1(F)F. The van der Waals surface area contributed by atoms with Gasteiger partial charge < -0.3 is 15.2 Å². The molecular formula is C19H16F5N3O3. The third-order valence-corrected chi connectivity index (χ3v) is 4.61. The Morgan fingerprint density at radius 1 is 1.30 bits per heavy atom. The van der Waals surface area contributed by atoms with Crippen molar-refractivity contribution in [3.63, 3.8) is 0 Å². The predicted octanol–water partition coefficient (Wildman–Crippen LogP) is 3.44. The molecule has 0 amide bonds. The van der Waals surface area contributed by atoms with E-state index in [4.69, 9.17) is 5.73 Å². The van der Waals surface area contributed by atoms with E-state index in [1.165, 1.54) is 12.1 Å². The first-order valence-electron chi connectivity index (χ1n) is 8.61. The summed E-state index contributed by atoms with van der Waals surface area (Å²) in [6, 6.07) is 5.15. The van der Waals surface area contributed by atoms with Gasteiger partial charge in [0.1, 0.15) is 17.3 Å². The van der Waals surface area contributed by atoms with Gasteiger partial charge >= 0.3 is 12.5 Å². The van der Waals surface area contributed by atoms with Crippen LogP contribution in [0.1, 0.15) is 28.5 Å². The fourth-order valence-electron chi connectivity index (χ4n) is 2.95. The van der Waals surface area contributed by atoms with Crippen LogP contribution in [0.25, 0.3) is 0 Å². The number of rotatable bonds is 6. The predicted molar refractivity (Wildman–Crippen MR) is 95.2 cm³/mol. The summed E-state index contributed by atoms with van der Waals surface area (Å²) in [5, 5.41) is 0. The van der Waals surface area contributed by atoms with Crippen LogP contribution in [0.15, 0.2) is 41.5 Å². The summed E-state index contributed by atoms with van der Waals surface area (Å²) in [7, 11) is 0. The van der Waals surface area contributed by atoms with Crippen LogP contribution in [-0.4, -0.2) is 35.9 Å². The minimum absolute atomic E-state index is 0.0626. The number of ether oxygens (including phenoxy) is 2. The molecule has 2 N–H and O–H groups in total. The minimum atomic E-state index is -3.55. The van der Waals surface area contributed by atoms with E-state index in [-0.39, 0.29) is 23.4 Å². The van der Waals surface area contributed by atoms with Crippen molar-refractivity contribution in [3.05, 3.63) is 59.2 Å². The molecule has 1 aliphatic rings. The van der Waals surface area contributed by atoms with Crippen LogP contribution in [0.3, 0.4) is 0 Å². The third kappa shape index (κ3) is 4.19. The molecule has 0 unspecified atom stereocenters. The molecular weight excluding hydrogens is 413 g/mol. The van der Waals surface area contributed by atoms with E-state index >= 15 is 0 Å². The van der Waals surface area contributed by atoms with Crippen molar-refractivity contribution in [1.82, 2.24) is 4.98 Å². The smallest absolute Gasteiger partial charge is 0.387 e. The number of aliphatic imine (C=N–C) groups is 1. The number of Topliss-reactive ketones (excluding diaryl/α,β-unsaturated/α-hetero) is 1. The van der Waals surface area contributed by atoms with Crippen molar-refractivity contribution in [1.29, 1.82) is 0 Å². The second-order valence-corrected chi connectivity index (χ2v) is 6.69. The maximum absolute atomic E-state index is 14.5. The number of alkyl halides is 4. The maximum atomic E-state index is 14.5. The molecule has 1 aromatic carbocycles. The van der Waals surface area contributed by atoms with Gasteiger partial charge in [0, 0.05) is 12.0 Å². The summed E-state index contributed by atoms with van der Waals surface area (Å²) in [4.78, 5) is 19.8. The van der Waals surface area contributed by atoms with E-state index in [1.54, 1.807) is 0 Å². The summed E-state index contributed by atoms with van der Waals surface area (Å²) in [5.41, 5.74) is 2.80. The number of nitrogens with two attached hydrogens (primary N) is 1. The molecule has 11 heteroatoms. The van der Waals surface area contributed by atoms with Crippen molar-refractivity contribution in [2.45, 2.75) is 31.4 Å². The molecule has 0 saturated heterocycles. The molecule has 2 aromatic rings. The van der Waals surface area contributed by atoms with Crippen LogP contribution >= 0.6 is 0 Å². The van der Waals surface area contributed by atoms with Gasteiger partial charge in [-0.25, -0.2) is 14.4 Å². The summed E-state index contributed by atoms with van der Waals surface area (Å²) >= 11 is 0. The van der Waals surface area contributed by atoms with E-state index in [0.717, 1.165) is 31.3 Å². The van der Waals surface area contributed by atoms with Gasteiger partial charge in [-0.15, -0.1) is 0 Å². The second-order valence-electron chi connectivity index (χ2n) is 6.69. The van der Waals surface area contributed by atoms with E-state index in [9.17, 15) is 26.7 Å². The normalized spacial score (nSPS) is 20.4. The molecule has 0 saturated carbocycles. The number of benzene rings is 1. The zero-order valence-electron chi connectivity index (χ0n) is 15.5. The van der Waals surface area contributed by atoms with E-state index in [0.29, 0.717) is 0 Å². The van der Waals surface area contributed by atoms with Crippen molar-refractivity contribution in [3.8, 4) is 5.75 Å². The molecule has 30 heavy (non-hydrogen) atoms. The molecule has 160 valence electrons. The average molecular weight is 429 g/mol. The molecule has 0 fully saturated rings. The van der Waals surface area contributed by atoms with Gasteiger partial charge in [0.05, 0.1) is 6.20 Å². The van der Waals surface area contributed by atoms with Crippen LogP contribution < -0.4 is 10.5 Å². The number of ketones is 1. The molecule has 0 bridgehead atoms. The first kappa shape index (κ1) is 21.5. The van der Waals surface area contributed by atoms with E-state index < -0.39 is 47.9 Å². The second kappa shape index (κ2) is 7.88. The number of amidine groups is 1. The molecule has 0 spiro atoms. The van der Waals surface area contributed by atoms with Gasteiger partial charge in [-0.1, -0.05) is 6.07 Å². The Hall–Kier alpha value is -3.24. The number of nitrogens with zero attached hydrogens (tertiary/aromatic N) is 2. The lowest BCUT2D eigenvalue weighted by molar-refractivity contribution is -0.117. The highest BCUT2D eigenvalue weighted by Gasteiger charge is 2.56. The molecule has 3 rings (SSSR count). The van der Waals surface area contributed by atoms with Crippen LogP contribution in [0.4, 0.5) is 22.0 Å². The molecule has 6 nitrogen and oxygen atoms in total. The van der Waals surface area contributed by atoms with Gasteiger partial charge in [0.15, 0.2) is 17.9 Å². The lowest BCUT2D eigenvalue weighted by Crippen LogP contribution is -2.51. The topological polar surface area (TPSA) is 86.8 Å². The fourth-order valence-corrected chi connectivity index (χ4v) is 2.95. The highest BCUT2D eigenvalue weighted by molar-refractivity contribution is 5.95. The number of carbonyl (C=O) groups is 1. The molecule has 1 atom stereocenters. The number of aromatic nitrogens is 1. The first-order valence-corrected chi connectivity index (χ1v) is 8.61. The third-order valence-electron chi connectivity index (χ3n) is 4.61. The van der Waals surface area contributed by atoms with E-state index in [2.05, 4.69) is 19.5 Å². The van der Waals surface area contributed by atoms with E-state index in [1.807, 2.05) is 0 Å². The number of carbonyl (C=O) groups excluding carboxylic acids is 1. The van der Waals surface area contributed by atoms with Crippen LogP contribution in [0.2, 0.25) is 0 Å². The van der Waals surface area contributed by atoms with Crippen LogP contribution in [-0.2, 0) is 16.7 Å². The van der Waals surface area contributed by atoms with Crippen LogP contribution in [0, 0.1) is 5.82 Å². The zero-order chi connectivity index (χ0) is 22.1. The maximum Gasteiger partial charge on any atom is 0.387 e. The van der Waals surface area contributed by atoms with Gasteiger partial charge in [-0.05, 0) is 36.8 Å². The monoisotopic (exact) mass is 429 g/mol. The molecule has 2 heterocycles. The quantitative estimate of drug-likeness (QED) is 0.562.